The van der Waals surface area contributed by atoms with E-state index in [9.17, 15) is 22.7 Å². The first-order valence-electron chi connectivity index (χ1n) is 8.12. The summed E-state index contributed by atoms with van der Waals surface area (Å²) in [6.07, 6.45) is -1.03. The van der Waals surface area contributed by atoms with Crippen LogP contribution in [0, 0.1) is 5.82 Å². The number of sulfonamides is 1. The predicted octanol–water partition coefficient (Wildman–Crippen LogP) is 1.22. The Bertz CT molecular complexity index is 889. The first-order valence-corrected chi connectivity index (χ1v) is 9.56. The van der Waals surface area contributed by atoms with Crippen LogP contribution in [0.3, 0.4) is 0 Å². The summed E-state index contributed by atoms with van der Waals surface area (Å²) in [5.41, 5.74) is 0.574. The van der Waals surface area contributed by atoms with Gasteiger partial charge in [0.05, 0.1) is 17.5 Å². The van der Waals surface area contributed by atoms with E-state index in [-0.39, 0.29) is 31.1 Å². The molecule has 1 amide bonds. The Hall–Kier alpha value is -2.29. The maximum absolute atomic E-state index is 13.3. The average Bonchev–Trinajstić information content (AvgIpc) is 2.75. The van der Waals surface area contributed by atoms with E-state index in [1.54, 1.807) is 24.3 Å². The fourth-order valence-corrected chi connectivity index (χ4v) is 4.35. The molecule has 1 heterocycles. The minimum Gasteiger partial charge on any atom is -0.390 e. The van der Waals surface area contributed by atoms with Crippen molar-refractivity contribution in [1.29, 1.82) is 0 Å². The number of hydrogen-bond donors (Lipinski definition) is 1. The lowest BCUT2D eigenvalue weighted by Crippen LogP contribution is -2.39. The lowest BCUT2D eigenvalue weighted by Gasteiger charge is -2.22. The molecule has 1 aliphatic rings. The van der Waals surface area contributed by atoms with E-state index < -0.39 is 27.9 Å². The van der Waals surface area contributed by atoms with Crippen molar-refractivity contribution in [3.63, 3.8) is 0 Å². The highest BCUT2D eigenvalue weighted by atomic mass is 32.2. The van der Waals surface area contributed by atoms with Crippen LogP contribution >= 0.6 is 0 Å². The fraction of sp³-hybridized carbons (Fsp3) is 0.278. The fourth-order valence-electron chi connectivity index (χ4n) is 2.90. The summed E-state index contributed by atoms with van der Waals surface area (Å²) in [6.45, 7) is -0.463. The van der Waals surface area contributed by atoms with Crippen molar-refractivity contribution in [2.24, 2.45) is 0 Å². The van der Waals surface area contributed by atoms with E-state index in [0.29, 0.717) is 5.56 Å². The molecule has 0 radical (unpaired) electrons. The van der Waals surface area contributed by atoms with Crippen LogP contribution < -0.4 is 0 Å². The highest BCUT2D eigenvalue weighted by Gasteiger charge is 2.34. The Morgan fingerprint density at radius 3 is 2.50 bits per heavy atom. The Balaban J connectivity index is 1.81. The van der Waals surface area contributed by atoms with Gasteiger partial charge in [-0.25, -0.2) is 12.8 Å². The zero-order valence-corrected chi connectivity index (χ0v) is 14.8. The molecule has 1 aliphatic heterocycles. The van der Waals surface area contributed by atoms with Gasteiger partial charge in [-0.1, -0.05) is 30.3 Å². The van der Waals surface area contributed by atoms with Crippen molar-refractivity contribution in [2.75, 3.05) is 19.6 Å². The van der Waals surface area contributed by atoms with Gasteiger partial charge in [0.2, 0.25) is 15.9 Å². The number of β-amino-alcohol motifs (C(OH)–C–C–N with tert-alkyl or cyclic N) is 1. The maximum Gasteiger partial charge on any atom is 0.243 e. The third-order valence-corrected chi connectivity index (χ3v) is 5.98. The minimum atomic E-state index is -3.89. The van der Waals surface area contributed by atoms with Gasteiger partial charge in [0.25, 0.3) is 0 Å². The van der Waals surface area contributed by atoms with Crippen LogP contribution in [0.5, 0.6) is 0 Å². The molecule has 0 saturated carbocycles. The smallest absolute Gasteiger partial charge is 0.243 e. The van der Waals surface area contributed by atoms with Crippen molar-refractivity contribution in [1.82, 2.24) is 9.21 Å². The molecule has 0 aromatic heterocycles. The van der Waals surface area contributed by atoms with E-state index in [1.807, 2.05) is 0 Å². The summed E-state index contributed by atoms with van der Waals surface area (Å²) < 4.78 is 39.8. The number of aliphatic hydroxyl groups excluding tert-OH is 1. The van der Waals surface area contributed by atoms with Crippen LogP contribution in [-0.4, -0.2) is 54.4 Å². The Morgan fingerprint density at radius 1 is 1.08 bits per heavy atom. The van der Waals surface area contributed by atoms with E-state index in [0.717, 1.165) is 4.31 Å². The van der Waals surface area contributed by atoms with Gasteiger partial charge in [-0.2, -0.15) is 4.31 Å². The number of benzene rings is 2. The number of hydrogen-bond acceptors (Lipinski definition) is 4. The predicted molar refractivity (Wildman–Crippen MR) is 93.0 cm³/mol. The van der Waals surface area contributed by atoms with E-state index in [2.05, 4.69) is 0 Å². The standard InChI is InChI=1S/C18H19FN2O4S/c19-15-6-4-5-14(9-15)10-20-11-16(22)12-21(13-18(20)23)26(24,25)17-7-2-1-3-8-17/h1-9,16,22H,10-13H2. The Labute approximate surface area is 151 Å². The molecule has 0 aliphatic carbocycles. The number of carbonyl (C=O) groups excluding carboxylic acids is 1. The molecule has 0 bridgehead atoms. The average molecular weight is 378 g/mol. The minimum absolute atomic E-state index is 0.0177. The zero-order valence-electron chi connectivity index (χ0n) is 14.0. The van der Waals surface area contributed by atoms with E-state index >= 15 is 0 Å². The van der Waals surface area contributed by atoms with Crippen LogP contribution in [-0.2, 0) is 21.4 Å². The van der Waals surface area contributed by atoms with Crippen molar-refractivity contribution in [3.05, 3.63) is 66.0 Å². The maximum atomic E-state index is 13.3. The summed E-state index contributed by atoms with van der Waals surface area (Å²) >= 11 is 0. The molecule has 1 saturated heterocycles. The summed E-state index contributed by atoms with van der Waals surface area (Å²) in [7, 11) is -3.89. The largest absolute Gasteiger partial charge is 0.390 e. The third-order valence-electron chi connectivity index (χ3n) is 4.15. The van der Waals surface area contributed by atoms with Crippen molar-refractivity contribution >= 4 is 15.9 Å². The van der Waals surface area contributed by atoms with Gasteiger partial charge in [0, 0.05) is 19.6 Å². The van der Waals surface area contributed by atoms with E-state index in [1.165, 1.54) is 35.2 Å². The molecule has 1 atom stereocenters. The van der Waals surface area contributed by atoms with Gasteiger partial charge in [0.15, 0.2) is 0 Å². The normalized spacial score (nSPS) is 19.4. The van der Waals surface area contributed by atoms with Gasteiger partial charge in [-0.3, -0.25) is 4.79 Å². The molecular weight excluding hydrogens is 359 g/mol. The number of rotatable bonds is 4. The molecule has 26 heavy (non-hydrogen) atoms. The molecule has 1 N–H and O–H groups in total. The van der Waals surface area contributed by atoms with E-state index in [4.69, 9.17) is 0 Å². The molecular formula is C18H19FN2O4S. The molecule has 1 unspecified atom stereocenters. The lowest BCUT2D eigenvalue weighted by molar-refractivity contribution is -0.131. The van der Waals surface area contributed by atoms with Gasteiger partial charge >= 0.3 is 0 Å². The SMILES string of the molecule is O=C1CN(S(=O)(=O)c2ccccc2)CC(O)CN1Cc1cccc(F)c1. The van der Waals surface area contributed by atoms with Crippen LogP contribution in [0.2, 0.25) is 0 Å². The highest BCUT2D eigenvalue weighted by Crippen LogP contribution is 2.19. The monoisotopic (exact) mass is 378 g/mol. The van der Waals surface area contributed by atoms with Crippen molar-refractivity contribution in [3.8, 4) is 0 Å². The number of nitrogens with zero attached hydrogens (tertiary/aromatic N) is 2. The molecule has 3 rings (SSSR count). The van der Waals surface area contributed by atoms with Crippen LogP contribution in [0.4, 0.5) is 4.39 Å². The molecule has 6 nitrogen and oxygen atoms in total. The number of amides is 1. The quantitative estimate of drug-likeness (QED) is 0.868. The Kier molecular flexibility index (Phi) is 5.36. The third kappa shape index (κ3) is 4.09. The van der Waals surface area contributed by atoms with Crippen LogP contribution in [0.25, 0.3) is 0 Å². The van der Waals surface area contributed by atoms with Gasteiger partial charge in [-0.15, -0.1) is 0 Å². The Morgan fingerprint density at radius 2 is 1.81 bits per heavy atom. The van der Waals surface area contributed by atoms with Crippen molar-refractivity contribution < 1.29 is 22.7 Å². The van der Waals surface area contributed by atoms with Gasteiger partial charge in [-0.05, 0) is 29.8 Å². The topological polar surface area (TPSA) is 77.9 Å². The van der Waals surface area contributed by atoms with Crippen LogP contribution in [0.15, 0.2) is 59.5 Å². The second-order valence-corrected chi connectivity index (χ2v) is 8.11. The lowest BCUT2D eigenvalue weighted by atomic mass is 10.2. The first kappa shape index (κ1) is 18.5. The zero-order chi connectivity index (χ0) is 18.7. The summed E-state index contributed by atoms with van der Waals surface area (Å²) in [6, 6.07) is 13.6. The first-order chi connectivity index (χ1) is 12.4. The summed E-state index contributed by atoms with van der Waals surface area (Å²) in [5.74, 6) is -0.857. The molecule has 2 aromatic rings. The number of halogens is 1. The number of carbonyl (C=O) groups is 1. The van der Waals surface area contributed by atoms with Crippen molar-refractivity contribution in [2.45, 2.75) is 17.5 Å². The molecule has 0 spiro atoms. The molecule has 1 fully saturated rings. The van der Waals surface area contributed by atoms with Gasteiger partial charge < -0.3 is 10.0 Å². The molecule has 2 aromatic carbocycles. The summed E-state index contributed by atoms with van der Waals surface area (Å²) in [4.78, 5) is 14.0. The number of aliphatic hydroxyl groups is 1. The molecule has 138 valence electrons. The highest BCUT2D eigenvalue weighted by molar-refractivity contribution is 7.89. The van der Waals surface area contributed by atoms with Crippen LogP contribution in [0.1, 0.15) is 5.56 Å². The molecule has 8 heteroatoms. The van der Waals surface area contributed by atoms with Gasteiger partial charge in [0.1, 0.15) is 5.82 Å². The second kappa shape index (κ2) is 7.53. The second-order valence-electron chi connectivity index (χ2n) is 6.17. The summed E-state index contributed by atoms with van der Waals surface area (Å²) in [5, 5.41) is 10.2.